The zero-order valence-electron chi connectivity index (χ0n) is 10.7. The van der Waals surface area contributed by atoms with Gasteiger partial charge in [0.2, 0.25) is 5.91 Å². The Morgan fingerprint density at radius 3 is 2.65 bits per heavy atom. The number of amides is 1. The summed E-state index contributed by atoms with van der Waals surface area (Å²) in [5.74, 6) is 0.711. The number of rotatable bonds is 2. The quantitative estimate of drug-likeness (QED) is 0.685. The van der Waals surface area contributed by atoms with Crippen LogP contribution in [-0.2, 0) is 4.79 Å². The van der Waals surface area contributed by atoms with Gasteiger partial charge in [-0.15, -0.1) is 0 Å². The molecule has 0 bridgehead atoms. The smallest absolute Gasteiger partial charge is 0.221 e. The van der Waals surface area contributed by atoms with Crippen LogP contribution >= 0.6 is 22.6 Å². The van der Waals surface area contributed by atoms with Crippen LogP contribution in [0, 0.1) is 3.57 Å². The number of aromatic nitrogens is 1. The van der Waals surface area contributed by atoms with E-state index in [1.165, 1.54) is 6.92 Å². The predicted molar refractivity (Wildman–Crippen MR) is 86.5 cm³/mol. The summed E-state index contributed by atoms with van der Waals surface area (Å²) in [6.45, 7) is 1.49. The Bertz CT molecular complexity index is 778. The first-order chi connectivity index (χ1) is 9.63. The molecule has 100 valence electrons. The molecule has 0 atom stereocenters. The molecule has 0 unspecified atom stereocenters. The van der Waals surface area contributed by atoms with Gasteiger partial charge in [-0.05, 0) is 52.9 Å². The van der Waals surface area contributed by atoms with Crippen LogP contribution in [0.1, 0.15) is 6.92 Å². The monoisotopic (exact) mass is 378 g/mol. The van der Waals surface area contributed by atoms with Crippen LogP contribution in [0.4, 0.5) is 5.69 Å². The molecule has 5 heteroatoms. The third kappa shape index (κ3) is 2.53. The van der Waals surface area contributed by atoms with E-state index in [0.717, 1.165) is 31.6 Å². The summed E-state index contributed by atoms with van der Waals surface area (Å²) in [6, 6.07) is 9.52. The van der Waals surface area contributed by atoms with Crippen LogP contribution < -0.4 is 5.32 Å². The van der Waals surface area contributed by atoms with E-state index >= 15 is 0 Å². The summed E-state index contributed by atoms with van der Waals surface area (Å²) in [6.07, 6.45) is 3.56. The molecule has 3 rings (SSSR count). The maximum Gasteiger partial charge on any atom is 0.221 e. The number of hydrogen-bond acceptors (Lipinski definition) is 3. The minimum atomic E-state index is -0.0814. The largest absolute Gasteiger partial charge is 0.455 e. The number of anilines is 1. The fourth-order valence-corrected chi connectivity index (χ4v) is 2.57. The Balaban J connectivity index is 1.98. The molecule has 3 aromatic rings. The fraction of sp³-hybridized carbons (Fsp3) is 0.0667. The average Bonchev–Trinajstić information content (AvgIpc) is 2.84. The highest BCUT2D eigenvalue weighted by Gasteiger charge is 2.09. The Morgan fingerprint density at radius 2 is 2.00 bits per heavy atom. The number of benzene rings is 1. The van der Waals surface area contributed by atoms with Gasteiger partial charge in [0.25, 0.3) is 0 Å². The van der Waals surface area contributed by atoms with Gasteiger partial charge in [0, 0.05) is 36.0 Å². The molecular weight excluding hydrogens is 367 g/mol. The molecule has 0 spiro atoms. The van der Waals surface area contributed by atoms with E-state index in [1.807, 2.05) is 30.3 Å². The normalized spacial score (nSPS) is 10.7. The van der Waals surface area contributed by atoms with Crippen molar-refractivity contribution in [2.75, 3.05) is 5.32 Å². The second-order valence-electron chi connectivity index (χ2n) is 4.41. The molecule has 2 aromatic heterocycles. The number of carbonyl (C=O) groups excluding carboxylic acids is 1. The SMILES string of the molecule is CC(=O)Nc1ccc(-c2cc3cncc(I)c3o2)cc1. The van der Waals surface area contributed by atoms with Crippen molar-refractivity contribution in [2.24, 2.45) is 0 Å². The van der Waals surface area contributed by atoms with Crippen LogP contribution in [-0.4, -0.2) is 10.9 Å². The van der Waals surface area contributed by atoms with E-state index in [0.29, 0.717) is 0 Å². The lowest BCUT2D eigenvalue weighted by atomic mass is 10.1. The van der Waals surface area contributed by atoms with E-state index in [2.05, 4.69) is 32.9 Å². The topological polar surface area (TPSA) is 55.1 Å². The van der Waals surface area contributed by atoms with Gasteiger partial charge in [-0.3, -0.25) is 9.78 Å². The number of pyridine rings is 1. The van der Waals surface area contributed by atoms with Crippen molar-refractivity contribution in [3.05, 3.63) is 46.3 Å². The maximum atomic E-state index is 11.0. The first-order valence-corrected chi connectivity index (χ1v) is 7.12. The third-order valence-corrected chi connectivity index (χ3v) is 3.64. The van der Waals surface area contributed by atoms with E-state index in [-0.39, 0.29) is 5.91 Å². The first-order valence-electron chi connectivity index (χ1n) is 6.04. The van der Waals surface area contributed by atoms with Gasteiger partial charge in [-0.1, -0.05) is 0 Å². The van der Waals surface area contributed by atoms with Crippen molar-refractivity contribution < 1.29 is 9.21 Å². The number of halogens is 1. The Morgan fingerprint density at radius 1 is 1.25 bits per heavy atom. The summed E-state index contributed by atoms with van der Waals surface area (Å²) in [7, 11) is 0. The van der Waals surface area contributed by atoms with Crippen LogP contribution in [0.15, 0.2) is 47.1 Å². The Hall–Kier alpha value is -1.89. The Labute approximate surface area is 129 Å². The van der Waals surface area contributed by atoms with Gasteiger partial charge in [-0.2, -0.15) is 0 Å². The number of fused-ring (bicyclic) bond motifs is 1. The number of hydrogen-bond donors (Lipinski definition) is 1. The third-order valence-electron chi connectivity index (χ3n) is 2.87. The Kier molecular flexibility index (Phi) is 3.43. The highest BCUT2D eigenvalue weighted by atomic mass is 127. The minimum absolute atomic E-state index is 0.0814. The maximum absolute atomic E-state index is 11.0. The van der Waals surface area contributed by atoms with Crippen molar-refractivity contribution in [1.82, 2.24) is 4.98 Å². The van der Waals surface area contributed by atoms with E-state index in [4.69, 9.17) is 4.42 Å². The predicted octanol–water partition coefficient (Wildman–Crippen LogP) is 4.06. The second kappa shape index (κ2) is 5.24. The standard InChI is InChI=1S/C15H11IN2O2/c1-9(19)18-12-4-2-10(3-5-12)14-6-11-7-17-8-13(16)15(11)20-14/h2-8H,1H3,(H,18,19). The summed E-state index contributed by atoms with van der Waals surface area (Å²) in [5, 5.41) is 3.72. The van der Waals surface area contributed by atoms with E-state index in [1.54, 1.807) is 12.4 Å². The summed E-state index contributed by atoms with van der Waals surface area (Å²) in [5.41, 5.74) is 2.58. The molecule has 0 aliphatic carbocycles. The van der Waals surface area contributed by atoms with Crippen molar-refractivity contribution in [3.63, 3.8) is 0 Å². The second-order valence-corrected chi connectivity index (χ2v) is 5.57. The van der Waals surface area contributed by atoms with Gasteiger partial charge < -0.3 is 9.73 Å². The lowest BCUT2D eigenvalue weighted by Crippen LogP contribution is -2.05. The zero-order chi connectivity index (χ0) is 14.1. The van der Waals surface area contributed by atoms with Gasteiger partial charge in [0.05, 0.1) is 3.57 Å². The van der Waals surface area contributed by atoms with Gasteiger partial charge in [0.15, 0.2) is 5.58 Å². The first kappa shape index (κ1) is 13.1. The molecule has 2 heterocycles. The zero-order valence-corrected chi connectivity index (χ0v) is 12.8. The minimum Gasteiger partial charge on any atom is -0.455 e. The van der Waals surface area contributed by atoms with Crippen LogP contribution in [0.3, 0.4) is 0 Å². The van der Waals surface area contributed by atoms with Crippen molar-refractivity contribution in [3.8, 4) is 11.3 Å². The molecule has 0 radical (unpaired) electrons. The van der Waals surface area contributed by atoms with Crippen molar-refractivity contribution in [2.45, 2.75) is 6.92 Å². The van der Waals surface area contributed by atoms with E-state index < -0.39 is 0 Å². The molecule has 0 saturated heterocycles. The number of nitrogens with one attached hydrogen (secondary N) is 1. The fourth-order valence-electron chi connectivity index (χ4n) is 1.99. The summed E-state index contributed by atoms with van der Waals surface area (Å²) >= 11 is 2.21. The molecule has 0 saturated carbocycles. The van der Waals surface area contributed by atoms with Crippen LogP contribution in [0.2, 0.25) is 0 Å². The highest BCUT2D eigenvalue weighted by Crippen LogP contribution is 2.30. The molecule has 0 aliphatic heterocycles. The number of nitrogens with zero attached hydrogens (tertiary/aromatic N) is 1. The van der Waals surface area contributed by atoms with Gasteiger partial charge in [-0.25, -0.2) is 0 Å². The van der Waals surface area contributed by atoms with Crippen molar-refractivity contribution in [1.29, 1.82) is 0 Å². The van der Waals surface area contributed by atoms with Crippen molar-refractivity contribution >= 4 is 45.2 Å². The van der Waals surface area contributed by atoms with Gasteiger partial charge in [0.1, 0.15) is 5.76 Å². The summed E-state index contributed by atoms with van der Waals surface area (Å²) in [4.78, 5) is 15.1. The summed E-state index contributed by atoms with van der Waals surface area (Å²) < 4.78 is 6.86. The number of carbonyl (C=O) groups is 1. The average molecular weight is 378 g/mol. The van der Waals surface area contributed by atoms with Crippen LogP contribution in [0.5, 0.6) is 0 Å². The molecule has 0 aliphatic rings. The molecule has 20 heavy (non-hydrogen) atoms. The van der Waals surface area contributed by atoms with Crippen LogP contribution in [0.25, 0.3) is 22.3 Å². The molecule has 0 fully saturated rings. The lowest BCUT2D eigenvalue weighted by molar-refractivity contribution is -0.114. The lowest BCUT2D eigenvalue weighted by Gasteiger charge is -2.02. The number of furan rings is 1. The molecule has 1 N–H and O–H groups in total. The molecule has 4 nitrogen and oxygen atoms in total. The highest BCUT2D eigenvalue weighted by molar-refractivity contribution is 14.1. The molecular formula is C15H11IN2O2. The molecule has 1 amide bonds. The molecule has 1 aromatic carbocycles. The van der Waals surface area contributed by atoms with Gasteiger partial charge >= 0.3 is 0 Å². The van der Waals surface area contributed by atoms with E-state index in [9.17, 15) is 4.79 Å².